The molecule has 1 heterocycles. The largest absolute Gasteiger partial charge is 0.474 e. The third-order valence-corrected chi connectivity index (χ3v) is 3.26. The van der Waals surface area contributed by atoms with E-state index in [0.717, 1.165) is 24.9 Å². The zero-order chi connectivity index (χ0) is 14.4. The zero-order valence-electron chi connectivity index (χ0n) is 12.7. The van der Waals surface area contributed by atoms with Crippen LogP contribution in [-0.4, -0.2) is 23.6 Å². The Morgan fingerprint density at radius 3 is 2.90 bits per heavy atom. The molecule has 0 unspecified atom stereocenters. The van der Waals surface area contributed by atoms with E-state index in [2.05, 4.69) is 29.1 Å². The monoisotopic (exact) mass is 404 g/mol. The van der Waals surface area contributed by atoms with Crippen LogP contribution in [0.3, 0.4) is 0 Å². The Labute approximate surface area is 143 Å². The van der Waals surface area contributed by atoms with Crippen LogP contribution in [0.25, 0.3) is 0 Å². The number of nitrogens with two attached hydrogens (primary N) is 1. The SMILES string of the molecule is CC(C)CNC(N)=NCc1ccnc(OC2CCC2)c1.I. The highest BCUT2D eigenvalue weighted by atomic mass is 127. The third kappa shape index (κ3) is 6.50. The van der Waals surface area contributed by atoms with E-state index in [1.807, 2.05) is 12.1 Å². The number of aromatic nitrogens is 1. The van der Waals surface area contributed by atoms with Gasteiger partial charge in [-0.05, 0) is 36.8 Å². The molecular weight excluding hydrogens is 379 g/mol. The average Bonchev–Trinajstić information content (AvgIpc) is 2.39. The molecular formula is C15H25IN4O. The van der Waals surface area contributed by atoms with Crippen molar-refractivity contribution in [1.82, 2.24) is 10.3 Å². The van der Waals surface area contributed by atoms with E-state index in [4.69, 9.17) is 10.5 Å². The van der Waals surface area contributed by atoms with E-state index in [-0.39, 0.29) is 24.0 Å². The summed E-state index contributed by atoms with van der Waals surface area (Å²) in [6, 6.07) is 3.88. The number of hydrogen-bond donors (Lipinski definition) is 2. The van der Waals surface area contributed by atoms with E-state index < -0.39 is 0 Å². The molecule has 1 saturated carbocycles. The maximum Gasteiger partial charge on any atom is 0.213 e. The van der Waals surface area contributed by atoms with Crippen LogP contribution in [0.5, 0.6) is 5.88 Å². The topological polar surface area (TPSA) is 72.5 Å². The molecule has 0 atom stereocenters. The van der Waals surface area contributed by atoms with Gasteiger partial charge in [-0.1, -0.05) is 13.8 Å². The number of rotatable bonds is 6. The van der Waals surface area contributed by atoms with Crippen molar-refractivity contribution in [3.8, 4) is 5.88 Å². The summed E-state index contributed by atoms with van der Waals surface area (Å²) in [5.74, 6) is 1.72. The Balaban J connectivity index is 0.00000220. The number of hydrogen-bond acceptors (Lipinski definition) is 3. The average molecular weight is 404 g/mol. The van der Waals surface area contributed by atoms with Gasteiger partial charge in [0.2, 0.25) is 5.88 Å². The number of ether oxygens (including phenoxy) is 1. The molecule has 1 aromatic heterocycles. The van der Waals surface area contributed by atoms with E-state index >= 15 is 0 Å². The van der Waals surface area contributed by atoms with Gasteiger partial charge in [0.05, 0.1) is 6.54 Å². The van der Waals surface area contributed by atoms with Crippen LogP contribution in [0, 0.1) is 5.92 Å². The number of pyridine rings is 1. The molecule has 3 N–H and O–H groups in total. The Morgan fingerprint density at radius 2 is 2.29 bits per heavy atom. The molecule has 6 heteroatoms. The summed E-state index contributed by atoms with van der Waals surface area (Å²) in [6.45, 7) is 5.64. The van der Waals surface area contributed by atoms with Crippen LogP contribution < -0.4 is 15.8 Å². The number of nitrogens with one attached hydrogen (secondary N) is 1. The summed E-state index contributed by atoms with van der Waals surface area (Å²) in [7, 11) is 0. The van der Waals surface area contributed by atoms with Gasteiger partial charge >= 0.3 is 0 Å². The minimum absolute atomic E-state index is 0. The molecule has 1 aromatic rings. The minimum atomic E-state index is 0. The number of aliphatic imine (C=N–C) groups is 1. The fraction of sp³-hybridized carbons (Fsp3) is 0.600. The summed E-state index contributed by atoms with van der Waals surface area (Å²) in [6.07, 6.45) is 5.63. The normalized spacial score (nSPS) is 15.3. The van der Waals surface area contributed by atoms with Crippen molar-refractivity contribution in [2.75, 3.05) is 6.54 Å². The Bertz CT molecular complexity index is 461. The minimum Gasteiger partial charge on any atom is -0.474 e. The maximum absolute atomic E-state index is 5.81. The molecule has 0 amide bonds. The van der Waals surface area contributed by atoms with Crippen LogP contribution in [0.1, 0.15) is 38.7 Å². The molecule has 5 nitrogen and oxygen atoms in total. The number of halogens is 1. The lowest BCUT2D eigenvalue weighted by atomic mass is 9.96. The van der Waals surface area contributed by atoms with Crippen molar-refractivity contribution in [2.45, 2.75) is 45.8 Å². The van der Waals surface area contributed by atoms with Crippen molar-refractivity contribution in [3.05, 3.63) is 23.9 Å². The first kappa shape index (κ1) is 18.0. The molecule has 0 spiro atoms. The molecule has 0 bridgehead atoms. The first-order chi connectivity index (χ1) is 9.63. The summed E-state index contributed by atoms with van der Waals surface area (Å²) in [4.78, 5) is 8.55. The molecule has 2 rings (SSSR count). The summed E-state index contributed by atoms with van der Waals surface area (Å²) >= 11 is 0. The van der Waals surface area contributed by atoms with Gasteiger partial charge in [-0.15, -0.1) is 24.0 Å². The molecule has 21 heavy (non-hydrogen) atoms. The molecule has 1 aliphatic carbocycles. The van der Waals surface area contributed by atoms with Crippen LogP contribution >= 0.6 is 24.0 Å². The fourth-order valence-electron chi connectivity index (χ4n) is 1.81. The van der Waals surface area contributed by atoms with E-state index in [1.54, 1.807) is 6.20 Å². The molecule has 0 saturated heterocycles. The van der Waals surface area contributed by atoms with Gasteiger partial charge in [0.25, 0.3) is 0 Å². The molecule has 0 radical (unpaired) electrons. The Hall–Kier alpha value is -1.05. The fourth-order valence-corrected chi connectivity index (χ4v) is 1.81. The second-order valence-electron chi connectivity index (χ2n) is 5.65. The van der Waals surface area contributed by atoms with Gasteiger partial charge in [0, 0.05) is 18.8 Å². The first-order valence-corrected chi connectivity index (χ1v) is 7.29. The number of nitrogens with zero attached hydrogens (tertiary/aromatic N) is 2. The smallest absolute Gasteiger partial charge is 0.213 e. The van der Waals surface area contributed by atoms with Crippen molar-refractivity contribution >= 4 is 29.9 Å². The van der Waals surface area contributed by atoms with E-state index in [1.165, 1.54) is 6.42 Å². The summed E-state index contributed by atoms with van der Waals surface area (Å²) < 4.78 is 5.77. The summed E-state index contributed by atoms with van der Waals surface area (Å²) in [5.41, 5.74) is 6.87. The quantitative estimate of drug-likeness (QED) is 0.435. The Morgan fingerprint density at radius 1 is 1.52 bits per heavy atom. The van der Waals surface area contributed by atoms with Crippen LogP contribution in [0.2, 0.25) is 0 Å². The first-order valence-electron chi connectivity index (χ1n) is 7.29. The van der Waals surface area contributed by atoms with E-state index in [9.17, 15) is 0 Å². The number of guanidine groups is 1. The van der Waals surface area contributed by atoms with Crippen molar-refractivity contribution in [2.24, 2.45) is 16.6 Å². The molecule has 0 aliphatic heterocycles. The molecule has 1 aliphatic rings. The van der Waals surface area contributed by atoms with Gasteiger partial charge in [-0.3, -0.25) is 0 Å². The van der Waals surface area contributed by atoms with Crippen LogP contribution in [-0.2, 0) is 6.54 Å². The standard InChI is InChI=1S/C15H24N4O.HI/c1-11(2)9-18-15(16)19-10-12-6-7-17-14(8-12)20-13-4-3-5-13;/h6-8,11,13H,3-5,9-10H2,1-2H3,(H3,16,18,19);1H. The highest BCUT2D eigenvalue weighted by Gasteiger charge is 2.19. The second-order valence-corrected chi connectivity index (χ2v) is 5.65. The lowest BCUT2D eigenvalue weighted by Gasteiger charge is -2.25. The lowest BCUT2D eigenvalue weighted by Crippen LogP contribution is -2.34. The van der Waals surface area contributed by atoms with Crippen molar-refractivity contribution in [3.63, 3.8) is 0 Å². The Kier molecular flexibility index (Phi) is 7.77. The molecule has 118 valence electrons. The van der Waals surface area contributed by atoms with Crippen molar-refractivity contribution < 1.29 is 4.74 Å². The van der Waals surface area contributed by atoms with Crippen LogP contribution in [0.4, 0.5) is 0 Å². The highest BCUT2D eigenvalue weighted by Crippen LogP contribution is 2.24. The third-order valence-electron chi connectivity index (χ3n) is 3.26. The van der Waals surface area contributed by atoms with Crippen molar-refractivity contribution in [1.29, 1.82) is 0 Å². The highest BCUT2D eigenvalue weighted by molar-refractivity contribution is 14.0. The van der Waals surface area contributed by atoms with Gasteiger partial charge in [-0.2, -0.15) is 0 Å². The lowest BCUT2D eigenvalue weighted by molar-refractivity contribution is 0.114. The van der Waals surface area contributed by atoms with Crippen LogP contribution in [0.15, 0.2) is 23.3 Å². The molecule has 0 aromatic carbocycles. The van der Waals surface area contributed by atoms with Gasteiger partial charge in [0.15, 0.2) is 5.96 Å². The summed E-state index contributed by atoms with van der Waals surface area (Å²) in [5, 5.41) is 3.10. The maximum atomic E-state index is 5.81. The predicted molar refractivity (Wildman–Crippen MR) is 96.1 cm³/mol. The van der Waals surface area contributed by atoms with Gasteiger partial charge < -0.3 is 15.8 Å². The second kappa shape index (κ2) is 9.07. The van der Waals surface area contributed by atoms with Gasteiger partial charge in [0.1, 0.15) is 6.10 Å². The van der Waals surface area contributed by atoms with E-state index in [0.29, 0.717) is 30.4 Å². The predicted octanol–water partition coefficient (Wildman–Crippen LogP) is 2.69. The molecule has 1 fully saturated rings. The zero-order valence-corrected chi connectivity index (χ0v) is 15.0. The van der Waals surface area contributed by atoms with Gasteiger partial charge in [-0.25, -0.2) is 9.98 Å².